The van der Waals surface area contributed by atoms with Gasteiger partial charge in [-0.3, -0.25) is 0 Å². The van der Waals surface area contributed by atoms with Gasteiger partial charge in [0, 0.05) is 13.1 Å². The zero-order valence-electron chi connectivity index (χ0n) is 11.2. The van der Waals surface area contributed by atoms with Crippen molar-refractivity contribution in [2.24, 2.45) is 0 Å². The second-order valence-corrected chi connectivity index (χ2v) is 5.76. The number of nitrogens with one attached hydrogen (secondary N) is 1. The summed E-state index contributed by atoms with van der Waals surface area (Å²) in [5.74, 6) is 0.435. The average molecular weight is 253 g/mol. The Morgan fingerprint density at radius 2 is 2.17 bits per heavy atom. The molecule has 0 atom stereocenters. The molecule has 0 saturated carbocycles. The van der Waals surface area contributed by atoms with E-state index in [1.54, 1.807) is 0 Å². The van der Waals surface area contributed by atoms with Crippen LogP contribution in [0.2, 0.25) is 0 Å². The van der Waals surface area contributed by atoms with E-state index in [9.17, 15) is 4.79 Å². The number of aromatic nitrogens is 2. The van der Waals surface area contributed by atoms with Crippen molar-refractivity contribution in [3.8, 4) is 5.88 Å². The van der Waals surface area contributed by atoms with Gasteiger partial charge >= 0.3 is 6.09 Å². The lowest BCUT2D eigenvalue weighted by atomic mass is 10.0. The monoisotopic (exact) mass is 253 g/mol. The third-order valence-corrected chi connectivity index (χ3v) is 2.51. The molecule has 0 bridgehead atoms. The van der Waals surface area contributed by atoms with Gasteiger partial charge in [-0.05, 0) is 27.7 Å². The predicted molar refractivity (Wildman–Crippen MR) is 65.8 cm³/mol. The maximum absolute atomic E-state index is 11.8. The number of carbonyl (C=O) groups excluding carboxylic acids is 1. The Labute approximate surface area is 106 Å². The summed E-state index contributed by atoms with van der Waals surface area (Å²) in [6.07, 6.45) is 2.48. The van der Waals surface area contributed by atoms with E-state index in [0.29, 0.717) is 5.88 Å². The normalized spacial score (nSPS) is 18.0. The van der Waals surface area contributed by atoms with Crippen LogP contribution in [0.15, 0.2) is 12.5 Å². The zero-order chi connectivity index (χ0) is 13.4. The van der Waals surface area contributed by atoms with E-state index in [2.05, 4.69) is 10.3 Å². The van der Waals surface area contributed by atoms with Crippen molar-refractivity contribution in [1.82, 2.24) is 14.9 Å². The smallest absolute Gasteiger partial charge is 0.419 e. The fourth-order valence-corrected chi connectivity index (χ4v) is 1.57. The first-order valence-electron chi connectivity index (χ1n) is 5.95. The van der Waals surface area contributed by atoms with Gasteiger partial charge in [-0.1, -0.05) is 0 Å². The highest BCUT2D eigenvalue weighted by molar-refractivity contribution is 5.70. The second kappa shape index (κ2) is 4.28. The van der Waals surface area contributed by atoms with Crippen molar-refractivity contribution >= 4 is 6.09 Å². The van der Waals surface area contributed by atoms with Crippen molar-refractivity contribution in [3.63, 3.8) is 0 Å². The van der Waals surface area contributed by atoms with Crippen LogP contribution in [-0.2, 0) is 4.74 Å². The molecule has 0 radical (unpaired) electrons. The van der Waals surface area contributed by atoms with Crippen molar-refractivity contribution in [2.45, 2.75) is 38.9 Å². The Hall–Kier alpha value is -1.56. The summed E-state index contributed by atoms with van der Waals surface area (Å²) in [4.78, 5) is 15.8. The molecule has 1 aliphatic heterocycles. The van der Waals surface area contributed by atoms with Crippen LogP contribution in [-0.4, -0.2) is 39.9 Å². The first-order valence-corrected chi connectivity index (χ1v) is 5.95. The molecule has 18 heavy (non-hydrogen) atoms. The molecule has 1 fully saturated rings. The molecule has 0 aromatic carbocycles. The van der Waals surface area contributed by atoms with Gasteiger partial charge in [0.2, 0.25) is 5.88 Å². The third kappa shape index (κ3) is 3.01. The first-order chi connectivity index (χ1) is 8.27. The van der Waals surface area contributed by atoms with E-state index >= 15 is 0 Å². The average Bonchev–Trinajstić information content (AvgIpc) is 2.61. The minimum absolute atomic E-state index is 0.229. The fourth-order valence-electron chi connectivity index (χ4n) is 1.57. The molecule has 6 nitrogen and oxygen atoms in total. The number of carbonyl (C=O) groups is 1. The summed E-state index contributed by atoms with van der Waals surface area (Å²) in [5.41, 5.74) is -0.751. The SMILES string of the molecule is CC(C)(C)OC(=O)n1cnc(OC2(C)CNC2)c1. The molecule has 0 amide bonds. The van der Waals surface area contributed by atoms with E-state index in [1.807, 2.05) is 27.7 Å². The van der Waals surface area contributed by atoms with Crippen molar-refractivity contribution in [2.75, 3.05) is 13.1 Å². The summed E-state index contributed by atoms with van der Waals surface area (Å²) in [6, 6.07) is 0. The van der Waals surface area contributed by atoms with E-state index in [1.165, 1.54) is 17.1 Å². The highest BCUT2D eigenvalue weighted by atomic mass is 16.6. The van der Waals surface area contributed by atoms with Gasteiger partial charge in [0.1, 0.15) is 17.5 Å². The van der Waals surface area contributed by atoms with Crippen molar-refractivity contribution in [1.29, 1.82) is 0 Å². The van der Waals surface area contributed by atoms with Crippen LogP contribution in [0, 0.1) is 0 Å². The molecular formula is C12H19N3O3. The molecule has 1 N–H and O–H groups in total. The first kappa shape index (κ1) is 12.9. The zero-order valence-corrected chi connectivity index (χ0v) is 11.2. The van der Waals surface area contributed by atoms with Crippen LogP contribution in [0.3, 0.4) is 0 Å². The maximum atomic E-state index is 11.8. The minimum atomic E-state index is -0.522. The van der Waals surface area contributed by atoms with Gasteiger partial charge in [-0.2, -0.15) is 0 Å². The van der Waals surface area contributed by atoms with E-state index in [4.69, 9.17) is 9.47 Å². The molecule has 100 valence electrons. The molecule has 0 spiro atoms. The van der Waals surface area contributed by atoms with Crippen LogP contribution in [0.25, 0.3) is 0 Å². The van der Waals surface area contributed by atoms with Crippen molar-refractivity contribution < 1.29 is 14.3 Å². The summed E-state index contributed by atoms with van der Waals surface area (Å²) < 4.78 is 12.2. The lowest BCUT2D eigenvalue weighted by Gasteiger charge is -2.38. The number of ether oxygens (including phenoxy) is 2. The Balaban J connectivity index is 1.99. The quantitative estimate of drug-likeness (QED) is 0.863. The highest BCUT2D eigenvalue weighted by Crippen LogP contribution is 2.20. The Morgan fingerprint density at radius 3 is 2.67 bits per heavy atom. The topological polar surface area (TPSA) is 65.4 Å². The van der Waals surface area contributed by atoms with E-state index in [-0.39, 0.29) is 5.60 Å². The van der Waals surface area contributed by atoms with Crippen LogP contribution in [0.1, 0.15) is 27.7 Å². The molecule has 2 rings (SSSR count). The lowest BCUT2D eigenvalue weighted by Crippen LogP contribution is -2.61. The van der Waals surface area contributed by atoms with Crippen LogP contribution >= 0.6 is 0 Å². The lowest BCUT2D eigenvalue weighted by molar-refractivity contribution is 0.0303. The van der Waals surface area contributed by atoms with Gasteiger partial charge in [0.05, 0.1) is 6.20 Å². The van der Waals surface area contributed by atoms with E-state index in [0.717, 1.165) is 13.1 Å². The summed E-state index contributed by atoms with van der Waals surface area (Å²) in [7, 11) is 0. The highest BCUT2D eigenvalue weighted by Gasteiger charge is 2.34. The van der Waals surface area contributed by atoms with Crippen LogP contribution < -0.4 is 10.1 Å². The molecule has 1 aliphatic rings. The number of hydrogen-bond donors (Lipinski definition) is 1. The molecular weight excluding hydrogens is 234 g/mol. The molecule has 0 aliphatic carbocycles. The molecule has 2 heterocycles. The fraction of sp³-hybridized carbons (Fsp3) is 0.667. The number of rotatable bonds is 2. The second-order valence-electron chi connectivity index (χ2n) is 5.76. The standard InChI is InChI=1S/C12H19N3O3/c1-11(2,3)18-10(16)15-5-9(14-8-15)17-12(4)6-13-7-12/h5,8,13H,6-7H2,1-4H3. The van der Waals surface area contributed by atoms with Gasteiger partial charge in [-0.25, -0.2) is 14.3 Å². The van der Waals surface area contributed by atoms with E-state index < -0.39 is 11.7 Å². The molecule has 1 saturated heterocycles. The summed E-state index contributed by atoms with van der Waals surface area (Å²) in [6.45, 7) is 9.02. The maximum Gasteiger partial charge on any atom is 0.419 e. The minimum Gasteiger partial charge on any atom is -0.468 e. The number of imidazole rings is 1. The van der Waals surface area contributed by atoms with Gasteiger partial charge < -0.3 is 14.8 Å². The molecule has 1 aromatic rings. The largest absolute Gasteiger partial charge is 0.468 e. The van der Waals surface area contributed by atoms with Gasteiger partial charge in [-0.15, -0.1) is 0 Å². The Kier molecular flexibility index (Phi) is 3.06. The number of hydrogen-bond acceptors (Lipinski definition) is 5. The molecule has 6 heteroatoms. The Morgan fingerprint density at radius 1 is 1.50 bits per heavy atom. The molecule has 1 aromatic heterocycles. The van der Waals surface area contributed by atoms with Crippen LogP contribution in [0.4, 0.5) is 4.79 Å². The summed E-state index contributed by atoms with van der Waals surface area (Å²) in [5, 5.41) is 3.13. The predicted octanol–water partition coefficient (Wildman–Crippen LogP) is 1.41. The van der Waals surface area contributed by atoms with Gasteiger partial charge in [0.25, 0.3) is 0 Å². The summed E-state index contributed by atoms with van der Waals surface area (Å²) >= 11 is 0. The van der Waals surface area contributed by atoms with Crippen molar-refractivity contribution in [3.05, 3.63) is 12.5 Å². The molecule has 0 unspecified atom stereocenters. The van der Waals surface area contributed by atoms with Crippen LogP contribution in [0.5, 0.6) is 5.88 Å². The Bertz CT molecular complexity index is 444. The number of nitrogens with zero attached hydrogens (tertiary/aromatic N) is 2. The van der Waals surface area contributed by atoms with Gasteiger partial charge in [0.15, 0.2) is 0 Å². The third-order valence-electron chi connectivity index (χ3n) is 2.51.